The van der Waals surface area contributed by atoms with Crippen molar-refractivity contribution in [1.29, 1.82) is 0 Å². The summed E-state index contributed by atoms with van der Waals surface area (Å²) in [5, 5.41) is 8.33. The Morgan fingerprint density at radius 3 is 2.47 bits per heavy atom. The summed E-state index contributed by atoms with van der Waals surface area (Å²) in [5.41, 5.74) is 0.796. The van der Waals surface area contributed by atoms with Crippen molar-refractivity contribution in [3.63, 3.8) is 0 Å². The van der Waals surface area contributed by atoms with E-state index in [1.165, 1.54) is 6.07 Å². The van der Waals surface area contributed by atoms with Crippen LogP contribution in [0.4, 0.5) is 8.78 Å². The number of alkyl halides is 2. The Kier molecular flexibility index (Phi) is 4.23. The minimum atomic E-state index is -3.93. The van der Waals surface area contributed by atoms with Crippen molar-refractivity contribution in [3.8, 4) is 0 Å². The third kappa shape index (κ3) is 3.70. The second-order valence-electron chi connectivity index (χ2n) is 3.64. The lowest BCUT2D eigenvalue weighted by Gasteiger charge is -2.13. The van der Waals surface area contributed by atoms with Crippen LogP contribution >= 0.6 is 11.3 Å². The van der Waals surface area contributed by atoms with Gasteiger partial charge in [0.1, 0.15) is 10.8 Å². The molecular formula is C9H13F2NO3S2. The molecule has 98 valence electrons. The van der Waals surface area contributed by atoms with E-state index in [1.54, 1.807) is 18.6 Å². The molecule has 1 heterocycles. The fourth-order valence-corrected chi connectivity index (χ4v) is 3.62. The number of nitrogens with one attached hydrogen (secondary N) is 1. The molecule has 0 amide bonds. The van der Waals surface area contributed by atoms with E-state index >= 15 is 0 Å². The van der Waals surface area contributed by atoms with E-state index in [0.717, 1.165) is 21.8 Å². The summed E-state index contributed by atoms with van der Waals surface area (Å²) in [7, 11) is -3.93. The van der Waals surface area contributed by atoms with Gasteiger partial charge in [-0.15, -0.1) is 11.3 Å². The normalized spacial score (nSPS) is 13.0. The summed E-state index contributed by atoms with van der Waals surface area (Å²) in [6, 6.07) is 1.43. The SMILES string of the molecule is Cc1cc(S(=O)(=O)NCC(F)(F)CO)sc1C. The highest BCUT2D eigenvalue weighted by Gasteiger charge is 2.30. The van der Waals surface area contributed by atoms with Crippen LogP contribution in [0.3, 0.4) is 0 Å². The predicted molar refractivity (Wildman–Crippen MR) is 61.0 cm³/mol. The lowest BCUT2D eigenvalue weighted by Crippen LogP contribution is -2.38. The van der Waals surface area contributed by atoms with Crippen molar-refractivity contribution in [1.82, 2.24) is 4.72 Å². The minimum absolute atomic E-state index is 0.00115. The molecule has 0 aliphatic rings. The maximum absolute atomic E-state index is 12.7. The predicted octanol–water partition coefficient (Wildman–Crippen LogP) is 1.27. The summed E-state index contributed by atoms with van der Waals surface area (Å²) in [4.78, 5) is 0.819. The van der Waals surface area contributed by atoms with Crippen molar-refractivity contribution < 1.29 is 22.3 Å². The van der Waals surface area contributed by atoms with Crippen LogP contribution in [-0.2, 0) is 10.0 Å². The zero-order valence-electron chi connectivity index (χ0n) is 9.33. The molecule has 0 aliphatic heterocycles. The van der Waals surface area contributed by atoms with Gasteiger partial charge in [0.05, 0.1) is 6.54 Å². The van der Waals surface area contributed by atoms with Crippen LogP contribution in [0.5, 0.6) is 0 Å². The Hall–Kier alpha value is -0.570. The minimum Gasteiger partial charge on any atom is -0.390 e. The molecule has 0 radical (unpaired) electrons. The van der Waals surface area contributed by atoms with Crippen LogP contribution in [0.1, 0.15) is 10.4 Å². The van der Waals surface area contributed by atoms with Gasteiger partial charge >= 0.3 is 0 Å². The first-order chi connectivity index (χ1) is 7.68. The van der Waals surface area contributed by atoms with Gasteiger partial charge in [-0.25, -0.2) is 21.9 Å². The zero-order valence-corrected chi connectivity index (χ0v) is 11.0. The van der Waals surface area contributed by atoms with Gasteiger partial charge in [0.15, 0.2) is 0 Å². The number of hydrogen-bond acceptors (Lipinski definition) is 4. The Balaban J connectivity index is 2.83. The van der Waals surface area contributed by atoms with Gasteiger partial charge in [-0.05, 0) is 25.5 Å². The fourth-order valence-electron chi connectivity index (χ4n) is 0.999. The smallest absolute Gasteiger partial charge is 0.283 e. The molecule has 0 fully saturated rings. The molecule has 1 aromatic rings. The van der Waals surface area contributed by atoms with Crippen molar-refractivity contribution in [2.24, 2.45) is 0 Å². The lowest BCUT2D eigenvalue weighted by atomic mass is 10.3. The molecule has 1 rings (SSSR count). The maximum atomic E-state index is 12.7. The second-order valence-corrected chi connectivity index (χ2v) is 6.89. The summed E-state index contributed by atoms with van der Waals surface area (Å²) in [6.07, 6.45) is 0. The highest BCUT2D eigenvalue weighted by atomic mass is 32.2. The third-order valence-corrected chi connectivity index (χ3v) is 5.19. The monoisotopic (exact) mass is 285 g/mol. The van der Waals surface area contributed by atoms with Crippen molar-refractivity contribution in [3.05, 3.63) is 16.5 Å². The van der Waals surface area contributed by atoms with Crippen LogP contribution in [-0.4, -0.2) is 32.6 Å². The van der Waals surface area contributed by atoms with Gasteiger partial charge in [-0.1, -0.05) is 0 Å². The van der Waals surface area contributed by atoms with Crippen LogP contribution in [0.2, 0.25) is 0 Å². The summed E-state index contributed by atoms with van der Waals surface area (Å²) < 4.78 is 50.5. The molecule has 0 unspecified atom stereocenters. The number of rotatable bonds is 5. The first-order valence-electron chi connectivity index (χ1n) is 4.73. The van der Waals surface area contributed by atoms with Gasteiger partial charge in [0, 0.05) is 4.88 Å². The largest absolute Gasteiger partial charge is 0.390 e. The van der Waals surface area contributed by atoms with Gasteiger partial charge in [0.25, 0.3) is 5.92 Å². The number of sulfonamides is 1. The maximum Gasteiger partial charge on any atom is 0.283 e. The fraction of sp³-hybridized carbons (Fsp3) is 0.556. The number of aliphatic hydroxyl groups excluding tert-OH is 1. The van der Waals surface area contributed by atoms with Gasteiger partial charge in [-0.3, -0.25) is 0 Å². The third-order valence-electron chi connectivity index (χ3n) is 2.16. The quantitative estimate of drug-likeness (QED) is 0.856. The van der Waals surface area contributed by atoms with E-state index < -0.39 is 29.1 Å². The lowest BCUT2D eigenvalue weighted by molar-refractivity contribution is -0.0437. The Morgan fingerprint density at radius 2 is 2.06 bits per heavy atom. The Labute approximate surface area is 102 Å². The highest BCUT2D eigenvalue weighted by molar-refractivity contribution is 7.91. The molecule has 8 heteroatoms. The summed E-state index contributed by atoms with van der Waals surface area (Å²) >= 11 is 1.02. The highest BCUT2D eigenvalue weighted by Crippen LogP contribution is 2.25. The van der Waals surface area contributed by atoms with Gasteiger partial charge < -0.3 is 5.11 Å². The first-order valence-corrected chi connectivity index (χ1v) is 7.03. The Bertz CT molecular complexity index is 477. The van der Waals surface area contributed by atoms with E-state index in [9.17, 15) is 17.2 Å². The van der Waals surface area contributed by atoms with Crippen LogP contribution < -0.4 is 4.72 Å². The molecule has 17 heavy (non-hydrogen) atoms. The molecule has 0 aliphatic carbocycles. The number of halogens is 2. The van der Waals surface area contributed by atoms with Crippen molar-refractivity contribution in [2.75, 3.05) is 13.2 Å². The molecule has 0 bridgehead atoms. The molecule has 0 spiro atoms. The van der Waals surface area contributed by atoms with Crippen LogP contribution in [0.15, 0.2) is 10.3 Å². The molecule has 0 saturated heterocycles. The molecule has 1 aromatic heterocycles. The number of thiophene rings is 1. The molecule has 4 nitrogen and oxygen atoms in total. The molecule has 0 aromatic carbocycles. The summed E-state index contributed by atoms with van der Waals surface area (Å²) in [6.45, 7) is 0.994. The average Bonchev–Trinajstić information content (AvgIpc) is 2.58. The first kappa shape index (κ1) is 14.5. The van der Waals surface area contributed by atoms with Crippen molar-refractivity contribution in [2.45, 2.75) is 24.0 Å². The van der Waals surface area contributed by atoms with Crippen LogP contribution in [0, 0.1) is 13.8 Å². The zero-order chi connectivity index (χ0) is 13.3. The van der Waals surface area contributed by atoms with E-state index in [1.807, 2.05) is 0 Å². The number of aryl methyl sites for hydroxylation is 2. The second kappa shape index (κ2) is 4.97. The van der Waals surface area contributed by atoms with E-state index in [4.69, 9.17) is 5.11 Å². The summed E-state index contributed by atoms with van der Waals surface area (Å²) in [5.74, 6) is -3.45. The number of hydrogen-bond donors (Lipinski definition) is 2. The van der Waals surface area contributed by atoms with E-state index in [-0.39, 0.29) is 4.21 Å². The molecule has 0 atom stereocenters. The number of aliphatic hydroxyl groups is 1. The van der Waals surface area contributed by atoms with E-state index in [0.29, 0.717) is 0 Å². The topological polar surface area (TPSA) is 66.4 Å². The van der Waals surface area contributed by atoms with Gasteiger partial charge in [-0.2, -0.15) is 0 Å². The molecular weight excluding hydrogens is 272 g/mol. The van der Waals surface area contributed by atoms with Crippen molar-refractivity contribution >= 4 is 21.4 Å². The van der Waals surface area contributed by atoms with Gasteiger partial charge in [0.2, 0.25) is 10.0 Å². The van der Waals surface area contributed by atoms with Crippen LogP contribution in [0.25, 0.3) is 0 Å². The molecule has 0 saturated carbocycles. The Morgan fingerprint density at radius 1 is 1.47 bits per heavy atom. The van der Waals surface area contributed by atoms with E-state index in [2.05, 4.69) is 0 Å². The standard InChI is InChI=1S/C9H13F2NO3S2/c1-6-3-8(16-7(6)2)17(14,15)12-4-9(10,11)5-13/h3,12-13H,4-5H2,1-2H3. The average molecular weight is 285 g/mol. The molecule has 2 N–H and O–H groups in total.